The van der Waals surface area contributed by atoms with Gasteiger partial charge in [0.05, 0.1) is 0 Å². The van der Waals surface area contributed by atoms with Crippen LogP contribution in [0.25, 0.3) is 6.08 Å². The summed E-state index contributed by atoms with van der Waals surface area (Å²) >= 11 is 0. The number of benzene rings is 2. The molecule has 0 saturated carbocycles. The van der Waals surface area contributed by atoms with Gasteiger partial charge in [0.2, 0.25) is 0 Å². The largest absolute Gasteiger partial charge is 0.387 e. The Morgan fingerprint density at radius 2 is 1.58 bits per heavy atom. The van der Waals surface area contributed by atoms with Crippen LogP contribution in [0.1, 0.15) is 11.1 Å². The second kappa shape index (κ2) is 5.71. The smallest absolute Gasteiger partial charge is 0.338 e. The minimum atomic E-state index is -3.73. The molecule has 0 aliphatic heterocycles. The van der Waals surface area contributed by atoms with E-state index in [2.05, 4.69) is 0 Å². The lowest BCUT2D eigenvalue weighted by Gasteiger charge is -2.03. The highest BCUT2D eigenvalue weighted by molar-refractivity contribution is 7.86. The summed E-state index contributed by atoms with van der Waals surface area (Å²) in [6.45, 7) is 1.90. The molecule has 19 heavy (non-hydrogen) atoms. The molecule has 0 spiro atoms. The predicted molar refractivity (Wildman–Crippen MR) is 74.9 cm³/mol. The summed E-state index contributed by atoms with van der Waals surface area (Å²) in [5, 5.41) is 0. The van der Waals surface area contributed by atoms with Crippen molar-refractivity contribution in [3.05, 3.63) is 72.0 Å². The lowest BCUT2D eigenvalue weighted by atomic mass is 10.2. The van der Waals surface area contributed by atoms with E-state index >= 15 is 0 Å². The molecule has 0 fully saturated rings. The number of hydrogen-bond donors (Lipinski definition) is 0. The van der Waals surface area contributed by atoms with Crippen molar-refractivity contribution < 1.29 is 12.6 Å². The van der Waals surface area contributed by atoms with Gasteiger partial charge in [-0.15, -0.1) is 0 Å². The Bertz CT molecular complexity index is 656. The zero-order valence-electron chi connectivity index (χ0n) is 10.5. The van der Waals surface area contributed by atoms with Crippen LogP contribution in [0.15, 0.2) is 65.8 Å². The van der Waals surface area contributed by atoms with E-state index in [1.54, 1.807) is 18.2 Å². The van der Waals surface area contributed by atoms with E-state index in [9.17, 15) is 8.42 Å². The maximum atomic E-state index is 11.9. The molecule has 2 aromatic carbocycles. The quantitative estimate of drug-likeness (QED) is 0.634. The Hall–Kier alpha value is -2.07. The van der Waals surface area contributed by atoms with E-state index in [-0.39, 0.29) is 4.90 Å². The normalized spacial score (nSPS) is 11.6. The molecule has 2 aromatic rings. The molecule has 3 nitrogen and oxygen atoms in total. The van der Waals surface area contributed by atoms with Gasteiger partial charge in [0.15, 0.2) is 0 Å². The van der Waals surface area contributed by atoms with Crippen LogP contribution in [0.5, 0.6) is 0 Å². The summed E-state index contributed by atoms with van der Waals surface area (Å²) in [5.74, 6) is 0. The molecule has 0 unspecified atom stereocenters. The van der Waals surface area contributed by atoms with Crippen LogP contribution >= 0.6 is 0 Å². The highest BCUT2D eigenvalue weighted by Gasteiger charge is 2.13. The fourth-order valence-electron chi connectivity index (χ4n) is 1.50. The van der Waals surface area contributed by atoms with Crippen molar-refractivity contribution in [1.29, 1.82) is 0 Å². The number of aryl methyl sites for hydroxylation is 1. The van der Waals surface area contributed by atoms with Crippen LogP contribution in [0, 0.1) is 6.92 Å². The third kappa shape index (κ3) is 3.69. The summed E-state index contributed by atoms with van der Waals surface area (Å²) in [4.78, 5) is 0.149. The molecule has 0 aliphatic carbocycles. The molecule has 0 atom stereocenters. The van der Waals surface area contributed by atoms with Crippen molar-refractivity contribution in [1.82, 2.24) is 0 Å². The minimum absolute atomic E-state index is 0.149. The molecular formula is C15H14O3S. The first-order valence-corrected chi connectivity index (χ1v) is 7.20. The van der Waals surface area contributed by atoms with E-state index in [4.69, 9.17) is 4.18 Å². The maximum absolute atomic E-state index is 11.9. The zero-order chi connectivity index (χ0) is 13.7. The zero-order valence-corrected chi connectivity index (χ0v) is 11.3. The van der Waals surface area contributed by atoms with Gasteiger partial charge in [-0.1, -0.05) is 48.0 Å². The van der Waals surface area contributed by atoms with Gasteiger partial charge in [0, 0.05) is 0 Å². The standard InChI is InChI=1S/C15H14O3S/c1-13-7-9-15(10-8-13)19(16,17)18-12-11-14-5-3-2-4-6-14/h2-12H,1H3/b12-11+. The summed E-state index contributed by atoms with van der Waals surface area (Å²) in [6.07, 6.45) is 2.79. The van der Waals surface area contributed by atoms with E-state index in [0.717, 1.165) is 11.1 Å². The predicted octanol–water partition coefficient (Wildman–Crippen LogP) is 3.37. The minimum Gasteiger partial charge on any atom is -0.387 e. The number of hydrogen-bond acceptors (Lipinski definition) is 3. The summed E-state index contributed by atoms with van der Waals surface area (Å²) in [6, 6.07) is 15.9. The summed E-state index contributed by atoms with van der Waals surface area (Å²) in [7, 11) is -3.73. The lowest BCUT2D eigenvalue weighted by molar-refractivity contribution is 0.446. The van der Waals surface area contributed by atoms with Gasteiger partial charge >= 0.3 is 10.1 Å². The Morgan fingerprint density at radius 1 is 0.947 bits per heavy atom. The molecule has 0 N–H and O–H groups in total. The molecule has 0 aliphatic rings. The third-order valence-corrected chi connectivity index (χ3v) is 3.77. The van der Waals surface area contributed by atoms with E-state index in [0.29, 0.717) is 0 Å². The Balaban J connectivity index is 2.10. The van der Waals surface area contributed by atoms with Gasteiger partial charge in [-0.3, -0.25) is 0 Å². The monoisotopic (exact) mass is 274 g/mol. The van der Waals surface area contributed by atoms with Crippen molar-refractivity contribution in [2.45, 2.75) is 11.8 Å². The highest BCUT2D eigenvalue weighted by Crippen LogP contribution is 2.14. The van der Waals surface area contributed by atoms with Gasteiger partial charge in [-0.25, -0.2) is 0 Å². The molecule has 0 radical (unpaired) electrons. The Labute approximate surface area is 113 Å². The second-order valence-electron chi connectivity index (χ2n) is 4.08. The Morgan fingerprint density at radius 3 is 2.21 bits per heavy atom. The van der Waals surface area contributed by atoms with Gasteiger partial charge in [-0.2, -0.15) is 8.42 Å². The van der Waals surface area contributed by atoms with Crippen LogP contribution in [0.4, 0.5) is 0 Å². The molecular weight excluding hydrogens is 260 g/mol. The van der Waals surface area contributed by atoms with Gasteiger partial charge in [-0.05, 0) is 30.7 Å². The first-order valence-electron chi connectivity index (χ1n) is 5.79. The van der Waals surface area contributed by atoms with Crippen LogP contribution in [0.2, 0.25) is 0 Å². The molecule has 4 heteroatoms. The van der Waals surface area contributed by atoms with Crippen molar-refractivity contribution >= 4 is 16.2 Å². The molecule has 0 amide bonds. The van der Waals surface area contributed by atoms with E-state index < -0.39 is 10.1 Å². The topological polar surface area (TPSA) is 43.4 Å². The second-order valence-corrected chi connectivity index (χ2v) is 5.65. The van der Waals surface area contributed by atoms with Crippen molar-refractivity contribution in [2.75, 3.05) is 0 Å². The summed E-state index contributed by atoms with van der Waals surface area (Å²) in [5.41, 5.74) is 1.88. The molecule has 0 heterocycles. The van der Waals surface area contributed by atoms with Crippen LogP contribution < -0.4 is 0 Å². The average Bonchev–Trinajstić information content (AvgIpc) is 2.40. The van der Waals surface area contributed by atoms with Crippen molar-refractivity contribution in [3.8, 4) is 0 Å². The fourth-order valence-corrected chi connectivity index (χ4v) is 2.29. The molecule has 98 valence electrons. The third-order valence-electron chi connectivity index (χ3n) is 2.55. The fraction of sp³-hybridized carbons (Fsp3) is 0.0667. The van der Waals surface area contributed by atoms with Gasteiger partial charge in [0.25, 0.3) is 0 Å². The van der Waals surface area contributed by atoms with Gasteiger partial charge in [0.1, 0.15) is 11.2 Å². The van der Waals surface area contributed by atoms with Crippen LogP contribution in [0.3, 0.4) is 0 Å². The SMILES string of the molecule is Cc1ccc(S(=O)(=O)O/C=C/c2ccccc2)cc1. The van der Waals surface area contributed by atoms with E-state index in [1.807, 2.05) is 37.3 Å². The summed E-state index contributed by atoms with van der Waals surface area (Å²) < 4.78 is 28.6. The number of rotatable bonds is 4. The van der Waals surface area contributed by atoms with Gasteiger partial charge < -0.3 is 4.18 Å². The molecule has 0 saturated heterocycles. The first kappa shape index (κ1) is 13.4. The highest BCUT2D eigenvalue weighted by atomic mass is 32.2. The molecule has 0 aromatic heterocycles. The van der Waals surface area contributed by atoms with E-state index in [1.165, 1.54) is 18.4 Å². The van der Waals surface area contributed by atoms with Crippen LogP contribution in [-0.2, 0) is 14.3 Å². The molecule has 2 rings (SSSR count). The molecule has 0 bridgehead atoms. The van der Waals surface area contributed by atoms with Crippen LogP contribution in [-0.4, -0.2) is 8.42 Å². The first-order chi connectivity index (χ1) is 9.08. The Kier molecular flexibility index (Phi) is 4.02. The van der Waals surface area contributed by atoms with Crippen molar-refractivity contribution in [3.63, 3.8) is 0 Å². The van der Waals surface area contributed by atoms with Crippen molar-refractivity contribution in [2.24, 2.45) is 0 Å². The average molecular weight is 274 g/mol. The maximum Gasteiger partial charge on any atom is 0.338 e. The lowest BCUT2D eigenvalue weighted by Crippen LogP contribution is -2.01.